The van der Waals surface area contributed by atoms with Gasteiger partial charge >= 0.3 is 0 Å². The first-order valence-corrected chi connectivity index (χ1v) is 13.1. The van der Waals surface area contributed by atoms with Gasteiger partial charge in [0.05, 0.1) is 16.9 Å². The van der Waals surface area contributed by atoms with Gasteiger partial charge in [-0.05, 0) is 76.0 Å². The fraction of sp³-hybridized carbons (Fsp3) is 0.538. The van der Waals surface area contributed by atoms with Crippen molar-refractivity contribution in [2.75, 3.05) is 6.61 Å². The van der Waals surface area contributed by atoms with Crippen molar-refractivity contribution in [1.29, 1.82) is 0 Å². The van der Waals surface area contributed by atoms with Crippen LogP contribution in [0.1, 0.15) is 66.7 Å². The minimum absolute atomic E-state index is 0.0213. The van der Waals surface area contributed by atoms with Crippen molar-refractivity contribution in [2.24, 2.45) is 5.41 Å². The molecule has 2 unspecified atom stereocenters. The second-order valence-electron chi connectivity index (χ2n) is 9.36. The van der Waals surface area contributed by atoms with Crippen LogP contribution in [-0.4, -0.2) is 30.8 Å². The van der Waals surface area contributed by atoms with E-state index < -0.39 is 15.1 Å². The van der Waals surface area contributed by atoms with E-state index in [4.69, 9.17) is 16.7 Å². The number of alkyl halides is 1. The Kier molecular flexibility index (Phi) is 9.17. The van der Waals surface area contributed by atoms with Gasteiger partial charge in [-0.3, -0.25) is 0 Å². The summed E-state index contributed by atoms with van der Waals surface area (Å²) in [7, 11) is -3.61. The molecule has 0 spiro atoms. The molecule has 2 rings (SSSR count). The van der Waals surface area contributed by atoms with Gasteiger partial charge in [-0.1, -0.05) is 60.9 Å². The summed E-state index contributed by atoms with van der Waals surface area (Å²) in [6.45, 7) is 10.3. The lowest BCUT2D eigenvalue weighted by atomic mass is 9.71. The summed E-state index contributed by atoms with van der Waals surface area (Å²) in [6.07, 6.45) is 8.12. The number of benzene rings is 1. The van der Waals surface area contributed by atoms with Gasteiger partial charge in [0.2, 0.25) is 0 Å². The molecule has 0 radical (unpaired) electrons. The number of aliphatic hydroxyl groups excluding tert-OH is 1. The molecule has 1 aromatic carbocycles. The van der Waals surface area contributed by atoms with E-state index in [1.165, 1.54) is 5.57 Å². The molecule has 1 aliphatic rings. The van der Waals surface area contributed by atoms with Gasteiger partial charge < -0.3 is 5.11 Å². The number of aliphatic hydroxyl groups is 1. The quantitative estimate of drug-likeness (QED) is 0.329. The summed E-state index contributed by atoms with van der Waals surface area (Å²) in [5, 5.41) is 8.07. The molecule has 0 aromatic heterocycles. The Balaban J connectivity index is 2.51. The molecule has 0 bridgehead atoms. The van der Waals surface area contributed by atoms with Crippen LogP contribution in [0.5, 0.6) is 0 Å². The second kappa shape index (κ2) is 11.0. The molecule has 3 nitrogen and oxygen atoms in total. The van der Waals surface area contributed by atoms with Crippen molar-refractivity contribution in [3.05, 3.63) is 64.8 Å². The molecule has 0 heterocycles. The highest BCUT2D eigenvalue weighted by molar-refractivity contribution is 7.92. The molecule has 0 saturated heterocycles. The van der Waals surface area contributed by atoms with Crippen LogP contribution >= 0.6 is 11.6 Å². The van der Waals surface area contributed by atoms with Gasteiger partial charge in [0.25, 0.3) is 0 Å². The Morgan fingerprint density at radius 3 is 2.45 bits per heavy atom. The Hall–Kier alpha value is -1.36. The summed E-state index contributed by atoms with van der Waals surface area (Å²) < 4.78 is 27.6. The minimum Gasteiger partial charge on any atom is -0.392 e. The van der Waals surface area contributed by atoms with Crippen molar-refractivity contribution in [3.63, 3.8) is 0 Å². The molecular weight excluding hydrogens is 428 g/mol. The van der Waals surface area contributed by atoms with Crippen molar-refractivity contribution in [3.8, 4) is 0 Å². The van der Waals surface area contributed by atoms with Gasteiger partial charge in [0.1, 0.15) is 5.25 Å². The first kappa shape index (κ1) is 25.9. The zero-order valence-electron chi connectivity index (χ0n) is 19.5. The summed E-state index contributed by atoms with van der Waals surface area (Å²) in [6, 6.07) is 8.74. The van der Waals surface area contributed by atoms with Gasteiger partial charge in [-0.2, -0.15) is 0 Å². The first-order chi connectivity index (χ1) is 14.5. The SMILES string of the molecule is CC1=C(C(/C=C(\C)C(Cl)CC/C(C)=C/CO)S(=O)(=O)c2ccccc2)C(C)(C)CCC1. The minimum atomic E-state index is -3.61. The number of sulfone groups is 1. The Bertz CT molecular complexity index is 940. The normalized spacial score (nSPS) is 20.0. The van der Waals surface area contributed by atoms with Crippen LogP contribution in [0, 0.1) is 5.41 Å². The van der Waals surface area contributed by atoms with Crippen molar-refractivity contribution < 1.29 is 13.5 Å². The highest BCUT2D eigenvalue weighted by Gasteiger charge is 2.39. The number of allylic oxidation sites excluding steroid dienone is 3. The Morgan fingerprint density at radius 1 is 1.23 bits per heavy atom. The molecule has 172 valence electrons. The van der Waals surface area contributed by atoms with Gasteiger partial charge in [0.15, 0.2) is 9.84 Å². The highest BCUT2D eigenvalue weighted by Crippen LogP contribution is 2.45. The van der Waals surface area contributed by atoms with E-state index in [2.05, 4.69) is 20.8 Å². The van der Waals surface area contributed by atoms with Crippen LogP contribution in [-0.2, 0) is 9.84 Å². The molecule has 1 N–H and O–H groups in total. The third-order valence-electron chi connectivity index (χ3n) is 6.37. The Morgan fingerprint density at radius 2 is 1.87 bits per heavy atom. The van der Waals surface area contributed by atoms with Crippen molar-refractivity contribution >= 4 is 21.4 Å². The standard InChI is InChI=1S/C26H37ClO3S/c1-19(15-17-28)13-14-23(27)21(3)18-24(25-20(2)10-9-16-26(25,4)5)31(29,30)22-11-7-6-8-12-22/h6-8,11-12,15,18,23-24,28H,9-10,13-14,16-17H2,1-5H3/b19-15+,21-18+. The maximum absolute atomic E-state index is 13.8. The molecule has 1 aliphatic carbocycles. The maximum atomic E-state index is 13.8. The fourth-order valence-corrected chi connectivity index (χ4v) is 6.77. The zero-order valence-corrected chi connectivity index (χ0v) is 21.1. The number of halogens is 1. The van der Waals surface area contributed by atoms with Gasteiger partial charge in [-0.25, -0.2) is 8.42 Å². The number of rotatable bonds is 9. The van der Waals surface area contributed by atoms with E-state index in [0.29, 0.717) is 11.3 Å². The molecule has 1 aromatic rings. The summed E-state index contributed by atoms with van der Waals surface area (Å²) >= 11 is 6.69. The van der Waals surface area contributed by atoms with Crippen LogP contribution in [0.2, 0.25) is 0 Å². The van der Waals surface area contributed by atoms with Crippen LogP contribution < -0.4 is 0 Å². The summed E-state index contributed by atoms with van der Waals surface area (Å²) in [5.74, 6) is 0. The monoisotopic (exact) mass is 464 g/mol. The molecular formula is C26H37ClO3S. The largest absolute Gasteiger partial charge is 0.392 e. The second-order valence-corrected chi connectivity index (χ2v) is 12.0. The van der Waals surface area contributed by atoms with Crippen LogP contribution in [0.15, 0.2) is 69.7 Å². The smallest absolute Gasteiger partial charge is 0.188 e. The average molecular weight is 465 g/mol. The van der Waals surface area contributed by atoms with E-state index in [1.54, 1.807) is 30.3 Å². The maximum Gasteiger partial charge on any atom is 0.188 e. The zero-order chi connectivity index (χ0) is 23.2. The predicted octanol–water partition coefficient (Wildman–Crippen LogP) is 6.63. The van der Waals surface area contributed by atoms with Crippen LogP contribution in [0.3, 0.4) is 0 Å². The number of hydrogen-bond donors (Lipinski definition) is 1. The average Bonchev–Trinajstić information content (AvgIpc) is 2.71. The van der Waals surface area contributed by atoms with Crippen molar-refractivity contribution in [2.45, 2.75) is 82.2 Å². The lowest BCUT2D eigenvalue weighted by molar-refractivity contribution is 0.341. The number of hydrogen-bond acceptors (Lipinski definition) is 3. The van der Waals surface area contributed by atoms with E-state index in [9.17, 15) is 8.42 Å². The van der Waals surface area contributed by atoms with E-state index in [0.717, 1.165) is 42.4 Å². The molecule has 0 amide bonds. The fourth-order valence-electron chi connectivity index (χ4n) is 4.54. The van der Waals surface area contributed by atoms with Gasteiger partial charge in [-0.15, -0.1) is 11.6 Å². The highest BCUT2D eigenvalue weighted by atomic mass is 35.5. The lowest BCUT2D eigenvalue weighted by Gasteiger charge is -2.38. The van der Waals surface area contributed by atoms with E-state index >= 15 is 0 Å². The molecule has 0 aliphatic heterocycles. The summed E-state index contributed by atoms with van der Waals surface area (Å²) in [4.78, 5) is 0.346. The van der Waals surface area contributed by atoms with Crippen LogP contribution in [0.25, 0.3) is 0 Å². The topological polar surface area (TPSA) is 54.4 Å². The van der Waals surface area contributed by atoms with Crippen LogP contribution in [0.4, 0.5) is 0 Å². The van der Waals surface area contributed by atoms with Gasteiger partial charge in [0, 0.05) is 0 Å². The molecule has 31 heavy (non-hydrogen) atoms. The first-order valence-electron chi connectivity index (χ1n) is 11.1. The molecule has 2 atom stereocenters. The molecule has 5 heteroatoms. The van der Waals surface area contributed by atoms with Crippen molar-refractivity contribution in [1.82, 2.24) is 0 Å². The summed E-state index contributed by atoms with van der Waals surface area (Å²) in [5.41, 5.74) is 3.97. The predicted molar refractivity (Wildman–Crippen MR) is 131 cm³/mol. The lowest BCUT2D eigenvalue weighted by Crippen LogP contribution is -2.34. The van der Waals surface area contributed by atoms with E-state index in [-0.39, 0.29) is 17.4 Å². The van der Waals surface area contributed by atoms with E-state index in [1.807, 2.05) is 26.0 Å². The molecule has 0 saturated carbocycles. The Labute approximate surface area is 193 Å². The molecule has 0 fully saturated rings. The third kappa shape index (κ3) is 6.57. The third-order valence-corrected chi connectivity index (χ3v) is 8.91.